The van der Waals surface area contributed by atoms with Crippen LogP contribution in [0.15, 0.2) is 33.7 Å². The molecule has 0 amide bonds. The second-order valence-corrected chi connectivity index (χ2v) is 5.85. The summed E-state index contributed by atoms with van der Waals surface area (Å²) >= 11 is 0. The minimum atomic E-state index is 0.509. The molecule has 136 valence electrons. The molecule has 2 aromatic rings. The van der Waals surface area contributed by atoms with Gasteiger partial charge in [0.1, 0.15) is 11.5 Å². The van der Waals surface area contributed by atoms with Crippen LogP contribution in [-0.2, 0) is 13.0 Å². The van der Waals surface area contributed by atoms with Gasteiger partial charge in [-0.1, -0.05) is 19.1 Å². The standard InChI is InChI=1S/C19H28N4O2/c1-5-11-24-17-8-6-7-16(12-17)9-10-21-19(20-4)22-13-18-23-14(2)15(3)25-18/h6-8,12H,5,9-11,13H2,1-4H3,(H2,20,21,22). The smallest absolute Gasteiger partial charge is 0.214 e. The number of oxazole rings is 1. The number of ether oxygens (including phenoxy) is 1. The van der Waals surface area contributed by atoms with Crippen LogP contribution in [0.1, 0.15) is 36.3 Å². The molecule has 0 aliphatic heterocycles. The zero-order valence-corrected chi connectivity index (χ0v) is 15.6. The molecule has 0 bridgehead atoms. The van der Waals surface area contributed by atoms with E-state index < -0.39 is 0 Å². The molecule has 0 aliphatic rings. The topological polar surface area (TPSA) is 71.7 Å². The van der Waals surface area contributed by atoms with Gasteiger partial charge in [0.2, 0.25) is 5.89 Å². The quantitative estimate of drug-likeness (QED) is 0.569. The lowest BCUT2D eigenvalue weighted by Crippen LogP contribution is -2.37. The van der Waals surface area contributed by atoms with Gasteiger partial charge in [-0.2, -0.15) is 0 Å². The zero-order valence-electron chi connectivity index (χ0n) is 15.6. The Morgan fingerprint density at radius 3 is 2.80 bits per heavy atom. The first kappa shape index (κ1) is 18.8. The van der Waals surface area contributed by atoms with Crippen LogP contribution in [0.4, 0.5) is 0 Å². The Balaban J connectivity index is 1.77. The maximum absolute atomic E-state index is 5.67. The molecule has 0 radical (unpaired) electrons. The summed E-state index contributed by atoms with van der Waals surface area (Å²) in [5.41, 5.74) is 2.15. The summed E-state index contributed by atoms with van der Waals surface area (Å²) in [7, 11) is 1.75. The molecule has 1 heterocycles. The first-order valence-electron chi connectivity index (χ1n) is 8.71. The molecule has 0 saturated heterocycles. The summed E-state index contributed by atoms with van der Waals surface area (Å²) in [6, 6.07) is 8.22. The number of aryl methyl sites for hydroxylation is 2. The largest absolute Gasteiger partial charge is 0.494 e. The Morgan fingerprint density at radius 1 is 1.28 bits per heavy atom. The van der Waals surface area contributed by atoms with Gasteiger partial charge in [-0.25, -0.2) is 4.98 Å². The van der Waals surface area contributed by atoms with E-state index in [9.17, 15) is 0 Å². The maximum Gasteiger partial charge on any atom is 0.214 e. The van der Waals surface area contributed by atoms with Crippen LogP contribution in [-0.4, -0.2) is 31.1 Å². The van der Waals surface area contributed by atoms with Crippen molar-refractivity contribution in [3.63, 3.8) is 0 Å². The summed E-state index contributed by atoms with van der Waals surface area (Å²) in [6.07, 6.45) is 1.90. The van der Waals surface area contributed by atoms with Crippen LogP contribution >= 0.6 is 0 Å². The molecule has 1 aromatic carbocycles. The van der Waals surface area contributed by atoms with Crippen LogP contribution in [0.3, 0.4) is 0 Å². The van der Waals surface area contributed by atoms with E-state index >= 15 is 0 Å². The van der Waals surface area contributed by atoms with Gasteiger partial charge in [0.05, 0.1) is 18.8 Å². The van der Waals surface area contributed by atoms with Crippen molar-refractivity contribution in [2.45, 2.75) is 40.2 Å². The molecular formula is C19H28N4O2. The summed E-state index contributed by atoms with van der Waals surface area (Å²) in [5.74, 6) is 3.17. The number of nitrogens with one attached hydrogen (secondary N) is 2. The predicted octanol–water partition coefficient (Wildman–Crippen LogP) is 2.99. The Hall–Kier alpha value is -2.50. The minimum Gasteiger partial charge on any atom is -0.494 e. The number of hydrogen-bond donors (Lipinski definition) is 2. The Morgan fingerprint density at radius 2 is 2.12 bits per heavy atom. The molecule has 1 aromatic heterocycles. The van der Waals surface area contributed by atoms with Gasteiger partial charge in [-0.15, -0.1) is 0 Å². The molecular weight excluding hydrogens is 316 g/mol. The van der Waals surface area contributed by atoms with Gasteiger partial charge in [-0.3, -0.25) is 4.99 Å². The third kappa shape index (κ3) is 6.14. The Labute approximate surface area is 149 Å². The van der Waals surface area contributed by atoms with Crippen molar-refractivity contribution >= 4 is 5.96 Å². The number of aromatic nitrogens is 1. The third-order valence-corrected chi connectivity index (χ3v) is 3.78. The SMILES string of the molecule is CCCOc1cccc(CCNC(=NC)NCc2nc(C)c(C)o2)c1. The maximum atomic E-state index is 5.67. The third-order valence-electron chi connectivity index (χ3n) is 3.78. The molecule has 0 saturated carbocycles. The summed E-state index contributed by atoms with van der Waals surface area (Å²) < 4.78 is 11.2. The van der Waals surface area contributed by atoms with Gasteiger partial charge < -0.3 is 19.8 Å². The highest BCUT2D eigenvalue weighted by Crippen LogP contribution is 2.13. The predicted molar refractivity (Wildman–Crippen MR) is 100 cm³/mol. The van der Waals surface area contributed by atoms with Crippen molar-refractivity contribution in [2.24, 2.45) is 4.99 Å². The van der Waals surface area contributed by atoms with E-state index in [1.54, 1.807) is 7.05 Å². The molecule has 0 spiro atoms. The molecule has 2 N–H and O–H groups in total. The Kier molecular flexibility index (Phi) is 7.32. The van der Waals surface area contributed by atoms with Crippen LogP contribution in [0.25, 0.3) is 0 Å². The first-order valence-corrected chi connectivity index (χ1v) is 8.71. The van der Waals surface area contributed by atoms with E-state index in [2.05, 4.69) is 39.7 Å². The molecule has 6 heteroatoms. The fourth-order valence-corrected chi connectivity index (χ4v) is 2.33. The van der Waals surface area contributed by atoms with E-state index in [1.807, 2.05) is 26.0 Å². The number of aliphatic imine (C=N–C) groups is 1. The second kappa shape index (κ2) is 9.71. The molecule has 25 heavy (non-hydrogen) atoms. The monoisotopic (exact) mass is 344 g/mol. The van der Waals surface area contributed by atoms with E-state index in [0.717, 1.165) is 49.2 Å². The van der Waals surface area contributed by atoms with Crippen LogP contribution in [0, 0.1) is 13.8 Å². The molecule has 0 atom stereocenters. The highest BCUT2D eigenvalue weighted by Gasteiger charge is 2.06. The van der Waals surface area contributed by atoms with Crippen molar-refractivity contribution in [2.75, 3.05) is 20.2 Å². The molecule has 2 rings (SSSR count). The lowest BCUT2D eigenvalue weighted by molar-refractivity contribution is 0.317. The summed E-state index contributed by atoms with van der Waals surface area (Å²) in [6.45, 7) is 7.99. The fourth-order valence-electron chi connectivity index (χ4n) is 2.33. The number of nitrogens with zero attached hydrogens (tertiary/aromatic N) is 2. The van der Waals surface area contributed by atoms with E-state index in [1.165, 1.54) is 5.56 Å². The van der Waals surface area contributed by atoms with Crippen LogP contribution in [0.5, 0.6) is 5.75 Å². The van der Waals surface area contributed by atoms with Gasteiger partial charge in [0, 0.05) is 13.6 Å². The van der Waals surface area contributed by atoms with E-state index in [4.69, 9.17) is 9.15 Å². The number of hydrogen-bond acceptors (Lipinski definition) is 4. The summed E-state index contributed by atoms with van der Waals surface area (Å²) in [4.78, 5) is 8.57. The fraction of sp³-hybridized carbons (Fsp3) is 0.474. The highest BCUT2D eigenvalue weighted by atomic mass is 16.5. The van der Waals surface area contributed by atoms with Crippen molar-refractivity contribution in [3.8, 4) is 5.75 Å². The molecule has 0 unspecified atom stereocenters. The molecule has 0 fully saturated rings. The van der Waals surface area contributed by atoms with Gasteiger partial charge >= 0.3 is 0 Å². The van der Waals surface area contributed by atoms with Crippen LogP contribution in [0.2, 0.25) is 0 Å². The summed E-state index contributed by atoms with van der Waals surface area (Å²) in [5, 5.41) is 6.51. The lowest BCUT2D eigenvalue weighted by Gasteiger charge is -2.11. The van der Waals surface area contributed by atoms with Gasteiger partial charge in [0.15, 0.2) is 5.96 Å². The van der Waals surface area contributed by atoms with E-state index in [0.29, 0.717) is 12.4 Å². The van der Waals surface area contributed by atoms with Gasteiger partial charge in [-0.05, 0) is 44.4 Å². The first-order chi connectivity index (χ1) is 12.1. The number of rotatable bonds is 8. The Bertz CT molecular complexity index is 675. The van der Waals surface area contributed by atoms with Crippen molar-refractivity contribution < 1.29 is 9.15 Å². The lowest BCUT2D eigenvalue weighted by atomic mass is 10.1. The normalized spacial score (nSPS) is 11.4. The van der Waals surface area contributed by atoms with Crippen LogP contribution < -0.4 is 15.4 Å². The minimum absolute atomic E-state index is 0.509. The van der Waals surface area contributed by atoms with Crippen molar-refractivity contribution in [1.29, 1.82) is 0 Å². The average molecular weight is 344 g/mol. The number of benzene rings is 1. The number of guanidine groups is 1. The highest BCUT2D eigenvalue weighted by molar-refractivity contribution is 5.79. The van der Waals surface area contributed by atoms with E-state index in [-0.39, 0.29) is 0 Å². The molecule has 0 aliphatic carbocycles. The second-order valence-electron chi connectivity index (χ2n) is 5.85. The average Bonchev–Trinajstić information content (AvgIpc) is 2.94. The van der Waals surface area contributed by atoms with Crippen molar-refractivity contribution in [3.05, 3.63) is 47.2 Å². The zero-order chi connectivity index (χ0) is 18.1. The van der Waals surface area contributed by atoms with Crippen molar-refractivity contribution in [1.82, 2.24) is 15.6 Å². The molecule has 6 nitrogen and oxygen atoms in total. The van der Waals surface area contributed by atoms with Gasteiger partial charge in [0.25, 0.3) is 0 Å².